The molecule has 0 aliphatic heterocycles. The van der Waals surface area contributed by atoms with E-state index in [9.17, 15) is 8.42 Å². The van der Waals surface area contributed by atoms with Crippen LogP contribution in [-0.2, 0) is 16.8 Å². The van der Waals surface area contributed by atoms with E-state index in [0.717, 1.165) is 20.9 Å². The molecule has 0 atom stereocenters. The highest BCUT2D eigenvalue weighted by atomic mass is 35.5. The molecule has 2 rings (SSSR count). The first-order valence-corrected chi connectivity index (χ1v) is 8.06. The first-order valence-electron chi connectivity index (χ1n) is 6.24. The molecule has 0 amide bonds. The van der Waals surface area contributed by atoms with Crippen LogP contribution in [0.25, 0.3) is 10.9 Å². The Labute approximate surface area is 124 Å². The number of aryl methyl sites for hydroxylation is 1. The van der Waals surface area contributed by atoms with Gasteiger partial charge >= 0.3 is 0 Å². The van der Waals surface area contributed by atoms with Crippen LogP contribution in [0, 0.1) is 6.92 Å². The highest BCUT2D eigenvalue weighted by Crippen LogP contribution is 2.26. The van der Waals surface area contributed by atoms with Crippen molar-refractivity contribution in [1.82, 2.24) is 13.6 Å². The van der Waals surface area contributed by atoms with Crippen LogP contribution in [0.5, 0.6) is 0 Å². The van der Waals surface area contributed by atoms with Crippen LogP contribution >= 0.6 is 11.6 Å². The lowest BCUT2D eigenvalue weighted by Crippen LogP contribution is -2.37. The highest BCUT2D eigenvalue weighted by Gasteiger charge is 2.13. The molecule has 0 unspecified atom stereocenters. The minimum Gasteiger partial charge on any atom is -0.342 e. The second kappa shape index (κ2) is 5.73. The SMILES string of the molecule is Cc1cc2cccc(Cl)c2n1CCNS(=O)(=O)N(C)C. The second-order valence-corrected chi connectivity index (χ2v) is 7.17. The molecule has 5 nitrogen and oxygen atoms in total. The molecule has 1 heterocycles. The van der Waals surface area contributed by atoms with Crippen molar-refractivity contribution in [1.29, 1.82) is 0 Å². The van der Waals surface area contributed by atoms with Gasteiger partial charge in [-0.15, -0.1) is 0 Å². The van der Waals surface area contributed by atoms with Crippen molar-refractivity contribution in [2.24, 2.45) is 0 Å². The molecule has 0 bridgehead atoms. The molecule has 0 aliphatic rings. The van der Waals surface area contributed by atoms with Gasteiger partial charge in [0.05, 0.1) is 10.5 Å². The summed E-state index contributed by atoms with van der Waals surface area (Å²) in [7, 11) is -0.400. The Kier molecular flexibility index (Phi) is 4.39. The highest BCUT2D eigenvalue weighted by molar-refractivity contribution is 7.87. The van der Waals surface area contributed by atoms with Gasteiger partial charge in [-0.1, -0.05) is 23.7 Å². The van der Waals surface area contributed by atoms with Crippen LogP contribution in [0.15, 0.2) is 24.3 Å². The summed E-state index contributed by atoms with van der Waals surface area (Å²) in [5.41, 5.74) is 1.99. The molecule has 0 spiro atoms. The summed E-state index contributed by atoms with van der Waals surface area (Å²) >= 11 is 6.23. The molecule has 0 aliphatic carbocycles. The van der Waals surface area contributed by atoms with Gasteiger partial charge in [0.1, 0.15) is 0 Å². The molecule has 2 aromatic rings. The molecule has 7 heteroatoms. The predicted octanol–water partition coefficient (Wildman–Crippen LogP) is 2.00. The van der Waals surface area contributed by atoms with Crippen molar-refractivity contribution in [2.75, 3.05) is 20.6 Å². The number of aromatic nitrogens is 1. The van der Waals surface area contributed by atoms with Crippen LogP contribution < -0.4 is 4.72 Å². The Balaban J connectivity index is 2.21. The van der Waals surface area contributed by atoms with Gasteiger partial charge in [-0.25, -0.2) is 4.72 Å². The molecule has 1 N–H and O–H groups in total. The van der Waals surface area contributed by atoms with E-state index in [4.69, 9.17) is 11.6 Å². The Bertz CT molecular complexity index is 723. The van der Waals surface area contributed by atoms with Gasteiger partial charge in [0.15, 0.2) is 0 Å². The summed E-state index contributed by atoms with van der Waals surface area (Å²) in [6.45, 7) is 2.83. The van der Waals surface area contributed by atoms with Gasteiger partial charge in [0, 0.05) is 38.3 Å². The van der Waals surface area contributed by atoms with Crippen LogP contribution in [0.4, 0.5) is 0 Å². The first-order chi connectivity index (χ1) is 9.33. The zero-order chi connectivity index (χ0) is 14.9. The summed E-state index contributed by atoms with van der Waals surface area (Å²) < 4.78 is 29.0. The van der Waals surface area contributed by atoms with Crippen molar-refractivity contribution in [3.05, 3.63) is 35.0 Å². The standard InChI is InChI=1S/C13H18ClN3O2S/c1-10-9-11-5-4-6-12(14)13(11)17(10)8-7-15-20(18,19)16(2)3/h4-6,9,15H,7-8H2,1-3H3. The van der Waals surface area contributed by atoms with Gasteiger partial charge in [0.25, 0.3) is 10.2 Å². The van der Waals surface area contributed by atoms with Gasteiger partial charge in [-0.05, 0) is 19.1 Å². The maximum Gasteiger partial charge on any atom is 0.278 e. The average molecular weight is 316 g/mol. The van der Waals surface area contributed by atoms with Crippen molar-refractivity contribution in [3.8, 4) is 0 Å². The van der Waals surface area contributed by atoms with Crippen LogP contribution in [0.1, 0.15) is 5.69 Å². The maximum absolute atomic E-state index is 11.7. The fourth-order valence-electron chi connectivity index (χ4n) is 2.12. The maximum atomic E-state index is 11.7. The van der Waals surface area contributed by atoms with Gasteiger partial charge in [0.2, 0.25) is 0 Å². The van der Waals surface area contributed by atoms with E-state index < -0.39 is 10.2 Å². The molecule has 0 saturated heterocycles. The minimum absolute atomic E-state index is 0.316. The number of halogens is 1. The van der Waals surface area contributed by atoms with E-state index in [2.05, 4.69) is 4.72 Å². The minimum atomic E-state index is -3.39. The predicted molar refractivity (Wildman–Crippen MR) is 82.3 cm³/mol. The summed E-state index contributed by atoms with van der Waals surface area (Å²) in [5.74, 6) is 0. The number of para-hydroxylation sites is 1. The molecular weight excluding hydrogens is 298 g/mol. The number of nitrogens with zero attached hydrogens (tertiary/aromatic N) is 2. The lowest BCUT2D eigenvalue weighted by atomic mass is 10.2. The summed E-state index contributed by atoms with van der Waals surface area (Å²) in [4.78, 5) is 0. The molecule has 0 fully saturated rings. The van der Waals surface area contributed by atoms with E-state index in [0.29, 0.717) is 18.1 Å². The smallest absolute Gasteiger partial charge is 0.278 e. The Hall–Kier alpha value is -1.08. The summed E-state index contributed by atoms with van der Waals surface area (Å²) in [5, 5.41) is 1.73. The fraction of sp³-hybridized carbons (Fsp3) is 0.385. The molecule has 20 heavy (non-hydrogen) atoms. The zero-order valence-corrected chi connectivity index (χ0v) is 13.3. The monoisotopic (exact) mass is 315 g/mol. The molecule has 0 saturated carbocycles. The fourth-order valence-corrected chi connectivity index (χ4v) is 3.01. The number of nitrogens with one attached hydrogen (secondary N) is 1. The number of rotatable bonds is 5. The topological polar surface area (TPSA) is 54.3 Å². The third-order valence-corrected chi connectivity index (χ3v) is 5.01. The number of hydrogen-bond donors (Lipinski definition) is 1. The molecule has 1 aromatic heterocycles. The normalized spacial score (nSPS) is 12.4. The number of benzene rings is 1. The quantitative estimate of drug-likeness (QED) is 0.917. The lowest BCUT2D eigenvalue weighted by molar-refractivity contribution is 0.501. The molecular formula is C13H18ClN3O2S. The van der Waals surface area contributed by atoms with Crippen LogP contribution in [0.2, 0.25) is 5.02 Å². The lowest BCUT2D eigenvalue weighted by Gasteiger charge is -2.14. The van der Waals surface area contributed by atoms with Crippen molar-refractivity contribution in [3.63, 3.8) is 0 Å². The molecule has 0 radical (unpaired) electrons. The Morgan fingerprint density at radius 2 is 2.05 bits per heavy atom. The van der Waals surface area contributed by atoms with Gasteiger partial charge in [-0.2, -0.15) is 12.7 Å². The van der Waals surface area contributed by atoms with Crippen LogP contribution in [0.3, 0.4) is 0 Å². The molecule has 110 valence electrons. The summed E-state index contributed by atoms with van der Waals surface area (Å²) in [6.07, 6.45) is 0. The summed E-state index contributed by atoms with van der Waals surface area (Å²) in [6, 6.07) is 7.78. The average Bonchev–Trinajstić information content (AvgIpc) is 2.67. The van der Waals surface area contributed by atoms with Crippen LogP contribution in [-0.4, -0.2) is 37.9 Å². The van der Waals surface area contributed by atoms with Crippen molar-refractivity contribution >= 4 is 32.7 Å². The number of fused-ring (bicyclic) bond motifs is 1. The van der Waals surface area contributed by atoms with E-state index in [1.807, 2.05) is 35.8 Å². The Morgan fingerprint density at radius 1 is 1.35 bits per heavy atom. The van der Waals surface area contributed by atoms with E-state index in [-0.39, 0.29) is 0 Å². The largest absolute Gasteiger partial charge is 0.342 e. The Morgan fingerprint density at radius 3 is 2.70 bits per heavy atom. The third kappa shape index (κ3) is 2.98. The zero-order valence-electron chi connectivity index (χ0n) is 11.7. The van der Waals surface area contributed by atoms with Gasteiger partial charge in [-0.3, -0.25) is 0 Å². The van der Waals surface area contributed by atoms with Crippen molar-refractivity contribution < 1.29 is 8.42 Å². The number of hydrogen-bond acceptors (Lipinski definition) is 2. The van der Waals surface area contributed by atoms with E-state index in [1.165, 1.54) is 14.1 Å². The van der Waals surface area contributed by atoms with E-state index in [1.54, 1.807) is 0 Å². The molecule has 1 aromatic carbocycles. The third-order valence-electron chi connectivity index (χ3n) is 3.18. The first kappa shape index (κ1) is 15.3. The van der Waals surface area contributed by atoms with Gasteiger partial charge < -0.3 is 4.57 Å². The van der Waals surface area contributed by atoms with Crippen molar-refractivity contribution in [2.45, 2.75) is 13.5 Å². The second-order valence-electron chi connectivity index (χ2n) is 4.80. The van der Waals surface area contributed by atoms with E-state index >= 15 is 0 Å².